The molecule has 1 aromatic rings. The summed E-state index contributed by atoms with van der Waals surface area (Å²) in [6.07, 6.45) is 8.92. The Labute approximate surface area is 149 Å². The van der Waals surface area contributed by atoms with Crippen LogP contribution in [0.3, 0.4) is 0 Å². The molecule has 1 saturated carbocycles. The van der Waals surface area contributed by atoms with Gasteiger partial charge in [0.1, 0.15) is 0 Å². The second-order valence-corrected chi connectivity index (χ2v) is 6.68. The standard InChI is InChI=1S/C19H30N4O2/c20-16-11-6-7-12-17(16)23-18(24)13-5-2-8-14-21-19(25)22-15-9-3-1-4-10-15/h6-7,11-12,15H,1-5,8-10,13-14,20H2,(H,23,24)(H2,21,22,25). The second kappa shape index (κ2) is 10.6. The highest BCUT2D eigenvalue weighted by Crippen LogP contribution is 2.18. The molecule has 138 valence electrons. The summed E-state index contributed by atoms with van der Waals surface area (Å²) < 4.78 is 0. The van der Waals surface area contributed by atoms with E-state index in [0.29, 0.717) is 30.4 Å². The fourth-order valence-electron chi connectivity index (χ4n) is 3.10. The number of nitrogens with two attached hydrogens (primary N) is 1. The first kappa shape index (κ1) is 19.1. The quantitative estimate of drug-likeness (QED) is 0.429. The van der Waals surface area contributed by atoms with Crippen molar-refractivity contribution in [2.45, 2.75) is 63.8 Å². The van der Waals surface area contributed by atoms with E-state index in [1.165, 1.54) is 19.3 Å². The second-order valence-electron chi connectivity index (χ2n) is 6.68. The van der Waals surface area contributed by atoms with Crippen LogP contribution in [-0.2, 0) is 4.79 Å². The summed E-state index contributed by atoms with van der Waals surface area (Å²) in [5.41, 5.74) is 7.03. The number of hydrogen-bond acceptors (Lipinski definition) is 3. The number of carbonyl (C=O) groups excluding carboxylic acids is 2. The number of nitrogens with one attached hydrogen (secondary N) is 3. The molecule has 0 aliphatic heterocycles. The number of urea groups is 1. The Morgan fingerprint density at radius 3 is 2.56 bits per heavy atom. The van der Waals surface area contributed by atoms with Crippen molar-refractivity contribution >= 4 is 23.3 Å². The zero-order valence-corrected chi connectivity index (χ0v) is 14.9. The lowest BCUT2D eigenvalue weighted by Crippen LogP contribution is -2.43. The van der Waals surface area contributed by atoms with Crippen LogP contribution in [0.1, 0.15) is 57.8 Å². The summed E-state index contributed by atoms with van der Waals surface area (Å²) >= 11 is 0. The molecule has 1 fully saturated rings. The molecular formula is C19H30N4O2. The Kier molecular flexibility index (Phi) is 8.09. The van der Waals surface area contributed by atoms with Gasteiger partial charge in [-0.2, -0.15) is 0 Å². The van der Waals surface area contributed by atoms with E-state index in [-0.39, 0.29) is 11.9 Å². The predicted molar refractivity (Wildman–Crippen MR) is 101 cm³/mol. The van der Waals surface area contributed by atoms with Gasteiger partial charge in [0.25, 0.3) is 0 Å². The van der Waals surface area contributed by atoms with Crippen molar-refractivity contribution in [3.05, 3.63) is 24.3 Å². The Morgan fingerprint density at radius 2 is 1.80 bits per heavy atom. The number of nitrogen functional groups attached to an aromatic ring is 1. The van der Waals surface area contributed by atoms with Crippen LogP contribution in [0.4, 0.5) is 16.2 Å². The van der Waals surface area contributed by atoms with Gasteiger partial charge in [0, 0.05) is 19.0 Å². The van der Waals surface area contributed by atoms with Gasteiger partial charge in [-0.05, 0) is 37.8 Å². The highest BCUT2D eigenvalue weighted by molar-refractivity contribution is 5.93. The Balaban J connectivity index is 1.49. The van der Waals surface area contributed by atoms with Gasteiger partial charge in [-0.3, -0.25) is 4.79 Å². The van der Waals surface area contributed by atoms with Gasteiger partial charge in [-0.25, -0.2) is 4.79 Å². The number of para-hydroxylation sites is 2. The summed E-state index contributed by atoms with van der Waals surface area (Å²) in [6.45, 7) is 0.645. The van der Waals surface area contributed by atoms with Crippen molar-refractivity contribution in [1.29, 1.82) is 0 Å². The monoisotopic (exact) mass is 346 g/mol. The molecule has 25 heavy (non-hydrogen) atoms. The smallest absolute Gasteiger partial charge is 0.315 e. The Bertz CT molecular complexity index is 556. The molecule has 0 atom stereocenters. The zero-order valence-electron chi connectivity index (χ0n) is 14.9. The summed E-state index contributed by atoms with van der Waals surface area (Å²) in [5, 5.41) is 8.75. The van der Waals surface area contributed by atoms with E-state index in [2.05, 4.69) is 16.0 Å². The van der Waals surface area contributed by atoms with Crippen LogP contribution < -0.4 is 21.7 Å². The molecule has 6 heteroatoms. The van der Waals surface area contributed by atoms with Crippen molar-refractivity contribution in [3.8, 4) is 0 Å². The van der Waals surface area contributed by atoms with Gasteiger partial charge in [-0.15, -0.1) is 0 Å². The number of anilines is 2. The van der Waals surface area contributed by atoms with Gasteiger partial charge in [0.15, 0.2) is 0 Å². The van der Waals surface area contributed by atoms with E-state index >= 15 is 0 Å². The largest absolute Gasteiger partial charge is 0.397 e. The summed E-state index contributed by atoms with van der Waals surface area (Å²) in [5.74, 6) is -0.0269. The predicted octanol–water partition coefficient (Wildman–Crippen LogP) is 3.40. The van der Waals surface area contributed by atoms with Gasteiger partial charge < -0.3 is 21.7 Å². The molecule has 1 aliphatic carbocycles. The summed E-state index contributed by atoms with van der Waals surface area (Å²) in [4.78, 5) is 23.7. The lowest BCUT2D eigenvalue weighted by molar-refractivity contribution is -0.116. The SMILES string of the molecule is Nc1ccccc1NC(=O)CCCCCNC(=O)NC1CCCCC1. The molecule has 0 radical (unpaired) electrons. The van der Waals surface area contributed by atoms with Gasteiger partial charge >= 0.3 is 6.03 Å². The number of benzene rings is 1. The van der Waals surface area contributed by atoms with Crippen LogP contribution in [0, 0.1) is 0 Å². The molecular weight excluding hydrogens is 316 g/mol. The molecule has 0 aromatic heterocycles. The fraction of sp³-hybridized carbons (Fsp3) is 0.579. The van der Waals surface area contributed by atoms with Crippen LogP contribution in [0.2, 0.25) is 0 Å². The summed E-state index contributed by atoms with van der Waals surface area (Å²) in [7, 11) is 0. The molecule has 0 bridgehead atoms. The first-order valence-electron chi connectivity index (χ1n) is 9.34. The van der Waals surface area contributed by atoms with Crippen LogP contribution in [0.5, 0.6) is 0 Å². The van der Waals surface area contributed by atoms with Gasteiger partial charge in [0.2, 0.25) is 5.91 Å². The topological polar surface area (TPSA) is 96.2 Å². The molecule has 2 rings (SSSR count). The molecule has 0 heterocycles. The minimum Gasteiger partial charge on any atom is -0.397 e. The first-order valence-corrected chi connectivity index (χ1v) is 9.34. The highest BCUT2D eigenvalue weighted by Gasteiger charge is 2.15. The van der Waals surface area contributed by atoms with Crippen molar-refractivity contribution in [2.75, 3.05) is 17.6 Å². The third kappa shape index (κ3) is 7.45. The molecule has 0 spiro atoms. The van der Waals surface area contributed by atoms with Crippen molar-refractivity contribution in [3.63, 3.8) is 0 Å². The molecule has 3 amide bonds. The van der Waals surface area contributed by atoms with Crippen LogP contribution in [0.15, 0.2) is 24.3 Å². The van der Waals surface area contributed by atoms with Crippen LogP contribution >= 0.6 is 0 Å². The number of rotatable bonds is 8. The van der Waals surface area contributed by atoms with Gasteiger partial charge in [-0.1, -0.05) is 37.8 Å². The lowest BCUT2D eigenvalue weighted by atomic mass is 9.96. The van der Waals surface area contributed by atoms with Crippen molar-refractivity contribution < 1.29 is 9.59 Å². The number of unbranched alkanes of at least 4 members (excludes halogenated alkanes) is 2. The van der Waals surface area contributed by atoms with E-state index in [1.54, 1.807) is 12.1 Å². The van der Waals surface area contributed by atoms with E-state index < -0.39 is 0 Å². The van der Waals surface area contributed by atoms with Crippen LogP contribution in [-0.4, -0.2) is 24.5 Å². The minimum atomic E-state index is -0.0656. The number of carbonyl (C=O) groups is 2. The average Bonchev–Trinajstić information content (AvgIpc) is 2.61. The lowest BCUT2D eigenvalue weighted by Gasteiger charge is -2.22. The van der Waals surface area contributed by atoms with E-state index in [0.717, 1.165) is 32.1 Å². The molecule has 1 aliphatic rings. The van der Waals surface area contributed by atoms with E-state index in [9.17, 15) is 9.59 Å². The summed E-state index contributed by atoms with van der Waals surface area (Å²) in [6, 6.07) is 7.51. The van der Waals surface area contributed by atoms with E-state index in [4.69, 9.17) is 5.73 Å². The molecule has 6 nitrogen and oxygen atoms in total. The Hall–Kier alpha value is -2.24. The fourth-order valence-corrected chi connectivity index (χ4v) is 3.10. The van der Waals surface area contributed by atoms with Crippen molar-refractivity contribution in [1.82, 2.24) is 10.6 Å². The van der Waals surface area contributed by atoms with Crippen LogP contribution in [0.25, 0.3) is 0 Å². The number of hydrogen-bond donors (Lipinski definition) is 4. The maximum absolute atomic E-state index is 11.9. The third-order valence-electron chi connectivity index (χ3n) is 4.54. The molecule has 0 unspecified atom stereocenters. The molecule has 1 aromatic carbocycles. The van der Waals surface area contributed by atoms with Gasteiger partial charge in [0.05, 0.1) is 11.4 Å². The Morgan fingerprint density at radius 1 is 1.04 bits per heavy atom. The number of amides is 3. The third-order valence-corrected chi connectivity index (χ3v) is 4.54. The molecule has 0 saturated heterocycles. The maximum Gasteiger partial charge on any atom is 0.315 e. The average molecular weight is 346 g/mol. The van der Waals surface area contributed by atoms with Crippen molar-refractivity contribution in [2.24, 2.45) is 0 Å². The normalized spacial score (nSPS) is 14.7. The first-order chi connectivity index (χ1) is 12.1. The molecule has 5 N–H and O–H groups in total. The minimum absolute atomic E-state index is 0.0269. The van der Waals surface area contributed by atoms with E-state index in [1.807, 2.05) is 12.1 Å². The maximum atomic E-state index is 11.9. The zero-order chi connectivity index (χ0) is 17.9. The highest BCUT2D eigenvalue weighted by atomic mass is 16.2.